The second-order valence-corrected chi connectivity index (χ2v) is 8.90. The van der Waals surface area contributed by atoms with E-state index < -0.39 is 15.9 Å². The van der Waals surface area contributed by atoms with Crippen molar-refractivity contribution in [2.24, 2.45) is 0 Å². The third kappa shape index (κ3) is 6.08. The van der Waals surface area contributed by atoms with E-state index in [4.69, 9.17) is 14.2 Å². The van der Waals surface area contributed by atoms with E-state index in [1.807, 2.05) is 0 Å². The second kappa shape index (κ2) is 10.8. The highest BCUT2D eigenvalue weighted by Crippen LogP contribution is 2.28. The lowest BCUT2D eigenvalue weighted by atomic mass is 10.2. The van der Waals surface area contributed by atoms with Crippen molar-refractivity contribution in [3.05, 3.63) is 77.9 Å². The number of carbonyl (C=O) groups is 1. The molecule has 1 amide bonds. The zero-order chi connectivity index (χ0) is 24.7. The molecule has 0 aliphatic rings. The molecule has 0 fully saturated rings. The van der Waals surface area contributed by atoms with Crippen LogP contribution in [-0.4, -0.2) is 35.7 Å². The van der Waals surface area contributed by atoms with Crippen molar-refractivity contribution in [1.29, 1.82) is 0 Å². The molecule has 8 nitrogen and oxygen atoms in total. The standard InChI is InChI=1S/C25H26N2O6S/c1-17-5-8-20(16-24(17)34(29,30)27-19-9-11-21(31-2)12-10-19)26-25(28)14-7-18-6-13-22(32-3)23(15-18)33-4/h5-16,27H,1-4H3,(H,26,28). The van der Waals surface area contributed by atoms with Gasteiger partial charge in [0.1, 0.15) is 5.75 Å². The van der Waals surface area contributed by atoms with Crippen LogP contribution in [0.4, 0.5) is 11.4 Å². The van der Waals surface area contributed by atoms with Gasteiger partial charge in [-0.1, -0.05) is 12.1 Å². The molecule has 34 heavy (non-hydrogen) atoms. The number of nitrogens with one attached hydrogen (secondary N) is 2. The van der Waals surface area contributed by atoms with Crippen molar-refractivity contribution in [3.8, 4) is 17.2 Å². The van der Waals surface area contributed by atoms with Gasteiger partial charge in [0.2, 0.25) is 5.91 Å². The molecule has 3 aromatic carbocycles. The highest BCUT2D eigenvalue weighted by Gasteiger charge is 2.18. The van der Waals surface area contributed by atoms with Crippen LogP contribution in [0.1, 0.15) is 11.1 Å². The van der Waals surface area contributed by atoms with Gasteiger partial charge in [0, 0.05) is 17.5 Å². The van der Waals surface area contributed by atoms with Crippen LogP contribution >= 0.6 is 0 Å². The fraction of sp³-hybridized carbons (Fsp3) is 0.160. The van der Waals surface area contributed by atoms with Crippen LogP contribution in [0, 0.1) is 6.92 Å². The van der Waals surface area contributed by atoms with E-state index in [1.54, 1.807) is 74.7 Å². The summed E-state index contributed by atoms with van der Waals surface area (Å²) in [6.45, 7) is 1.69. The minimum absolute atomic E-state index is 0.0602. The number of hydrogen-bond acceptors (Lipinski definition) is 6. The maximum absolute atomic E-state index is 12.9. The Morgan fingerprint density at radius 3 is 2.15 bits per heavy atom. The number of anilines is 2. The summed E-state index contributed by atoms with van der Waals surface area (Å²) in [5.74, 6) is 1.33. The summed E-state index contributed by atoms with van der Waals surface area (Å²) in [7, 11) is 0.733. The quantitative estimate of drug-likeness (QED) is 0.436. The van der Waals surface area contributed by atoms with Gasteiger partial charge in [0.15, 0.2) is 11.5 Å². The normalized spacial score (nSPS) is 11.2. The highest BCUT2D eigenvalue weighted by atomic mass is 32.2. The van der Waals surface area contributed by atoms with Crippen molar-refractivity contribution < 1.29 is 27.4 Å². The minimum atomic E-state index is -3.88. The number of aryl methyl sites for hydroxylation is 1. The molecule has 0 aliphatic carbocycles. The monoisotopic (exact) mass is 482 g/mol. The van der Waals surface area contributed by atoms with E-state index in [0.717, 1.165) is 5.56 Å². The van der Waals surface area contributed by atoms with Gasteiger partial charge in [-0.3, -0.25) is 9.52 Å². The third-order valence-electron chi connectivity index (χ3n) is 4.92. The molecule has 0 bridgehead atoms. The Labute approximate surface area is 199 Å². The Morgan fingerprint density at radius 1 is 0.824 bits per heavy atom. The first-order valence-corrected chi connectivity index (χ1v) is 11.7. The Balaban J connectivity index is 1.75. The molecule has 2 N–H and O–H groups in total. The molecule has 0 heterocycles. The molecule has 3 rings (SSSR count). The Hall–Kier alpha value is -3.98. The van der Waals surface area contributed by atoms with Gasteiger partial charge in [0.05, 0.1) is 26.2 Å². The maximum Gasteiger partial charge on any atom is 0.262 e. The zero-order valence-corrected chi connectivity index (χ0v) is 20.1. The molecular formula is C25H26N2O6S. The van der Waals surface area contributed by atoms with E-state index in [1.165, 1.54) is 26.4 Å². The number of sulfonamides is 1. The largest absolute Gasteiger partial charge is 0.497 e. The molecule has 0 aromatic heterocycles. The predicted molar refractivity (Wildman–Crippen MR) is 132 cm³/mol. The Morgan fingerprint density at radius 2 is 1.50 bits per heavy atom. The second-order valence-electron chi connectivity index (χ2n) is 7.25. The van der Waals surface area contributed by atoms with Crippen molar-refractivity contribution >= 4 is 33.4 Å². The summed E-state index contributed by atoms with van der Waals surface area (Å²) in [5.41, 5.74) is 2.03. The molecule has 0 unspecified atom stereocenters. The number of carbonyl (C=O) groups excluding carboxylic acids is 1. The average Bonchev–Trinajstić information content (AvgIpc) is 2.83. The summed E-state index contributed by atoms with van der Waals surface area (Å²) >= 11 is 0. The van der Waals surface area contributed by atoms with E-state index in [2.05, 4.69) is 10.0 Å². The topological polar surface area (TPSA) is 103 Å². The number of methoxy groups -OCH3 is 3. The molecule has 3 aromatic rings. The zero-order valence-electron chi connectivity index (χ0n) is 19.3. The molecule has 0 aliphatic heterocycles. The number of hydrogen-bond donors (Lipinski definition) is 2. The van der Waals surface area contributed by atoms with Crippen LogP contribution < -0.4 is 24.2 Å². The number of rotatable bonds is 9. The van der Waals surface area contributed by atoms with Crippen LogP contribution in [0.2, 0.25) is 0 Å². The van der Waals surface area contributed by atoms with Gasteiger partial charge in [0.25, 0.3) is 10.0 Å². The van der Waals surface area contributed by atoms with Crippen LogP contribution in [0.5, 0.6) is 17.2 Å². The molecule has 0 saturated heterocycles. The van der Waals surface area contributed by atoms with Crippen molar-refractivity contribution in [1.82, 2.24) is 0 Å². The SMILES string of the molecule is COc1ccc(NS(=O)(=O)c2cc(NC(=O)C=Cc3ccc(OC)c(OC)c3)ccc2C)cc1. The number of amides is 1. The molecule has 0 saturated carbocycles. The van der Waals surface area contributed by atoms with Crippen molar-refractivity contribution in [2.75, 3.05) is 31.4 Å². The first-order chi connectivity index (χ1) is 16.2. The van der Waals surface area contributed by atoms with E-state index in [0.29, 0.717) is 34.2 Å². The number of benzene rings is 3. The van der Waals surface area contributed by atoms with Crippen molar-refractivity contribution in [2.45, 2.75) is 11.8 Å². The van der Waals surface area contributed by atoms with E-state index >= 15 is 0 Å². The van der Waals surface area contributed by atoms with Gasteiger partial charge < -0.3 is 19.5 Å². The summed E-state index contributed by atoms with van der Waals surface area (Å²) in [6, 6.07) is 16.5. The van der Waals surface area contributed by atoms with Crippen LogP contribution in [0.15, 0.2) is 71.6 Å². The predicted octanol–water partition coefficient (Wildman–Crippen LogP) is 4.47. The lowest BCUT2D eigenvalue weighted by Gasteiger charge is -2.12. The van der Waals surface area contributed by atoms with Gasteiger partial charge in [-0.15, -0.1) is 0 Å². The summed E-state index contributed by atoms with van der Waals surface area (Å²) in [6.07, 6.45) is 2.97. The average molecular weight is 483 g/mol. The van der Waals surface area contributed by atoms with E-state index in [9.17, 15) is 13.2 Å². The molecule has 0 atom stereocenters. The fourth-order valence-electron chi connectivity index (χ4n) is 3.15. The summed E-state index contributed by atoms with van der Waals surface area (Å²) in [5, 5.41) is 2.69. The molecule has 0 spiro atoms. The lowest BCUT2D eigenvalue weighted by molar-refractivity contribution is -0.111. The third-order valence-corrected chi connectivity index (χ3v) is 6.45. The molecule has 0 radical (unpaired) electrons. The Kier molecular flexibility index (Phi) is 7.80. The van der Waals surface area contributed by atoms with Gasteiger partial charge >= 0.3 is 0 Å². The molecular weight excluding hydrogens is 456 g/mol. The molecule has 178 valence electrons. The summed E-state index contributed by atoms with van der Waals surface area (Å²) in [4.78, 5) is 12.5. The number of ether oxygens (including phenoxy) is 3. The highest BCUT2D eigenvalue weighted by molar-refractivity contribution is 7.92. The van der Waals surface area contributed by atoms with Gasteiger partial charge in [-0.05, 0) is 72.7 Å². The fourth-order valence-corrected chi connectivity index (χ4v) is 4.48. The van der Waals surface area contributed by atoms with E-state index in [-0.39, 0.29) is 4.90 Å². The van der Waals surface area contributed by atoms with Crippen LogP contribution in [-0.2, 0) is 14.8 Å². The van der Waals surface area contributed by atoms with Crippen LogP contribution in [0.3, 0.4) is 0 Å². The molecule has 9 heteroatoms. The smallest absolute Gasteiger partial charge is 0.262 e. The maximum atomic E-state index is 12.9. The Bertz CT molecular complexity index is 1300. The van der Waals surface area contributed by atoms with Gasteiger partial charge in [-0.2, -0.15) is 0 Å². The van der Waals surface area contributed by atoms with Gasteiger partial charge in [-0.25, -0.2) is 8.42 Å². The first-order valence-electron chi connectivity index (χ1n) is 10.2. The first kappa shape index (κ1) is 24.7. The van der Waals surface area contributed by atoms with Crippen LogP contribution in [0.25, 0.3) is 6.08 Å². The summed E-state index contributed by atoms with van der Waals surface area (Å²) < 4.78 is 44.0. The minimum Gasteiger partial charge on any atom is -0.497 e. The lowest BCUT2D eigenvalue weighted by Crippen LogP contribution is -2.15. The van der Waals surface area contributed by atoms with Crippen molar-refractivity contribution in [3.63, 3.8) is 0 Å².